The van der Waals surface area contributed by atoms with Crippen LogP contribution in [0.5, 0.6) is 0 Å². The molecule has 1 amide bonds. The molecule has 0 bridgehead atoms. The maximum atomic E-state index is 11.8. The molecule has 0 fully saturated rings. The molecular formula is C12H18BrClN2O. The number of carbonyl (C=O) groups excluding carboxylic acids is 1. The fraction of sp³-hybridized carbons (Fsp3) is 0.417. The lowest BCUT2D eigenvalue weighted by molar-refractivity contribution is 0.0952. The molecule has 0 spiro atoms. The molecule has 1 atom stereocenters. The minimum Gasteiger partial charge on any atom is -0.352 e. The molecule has 0 aromatic heterocycles. The lowest BCUT2D eigenvalue weighted by atomic mass is 10.1. The van der Waals surface area contributed by atoms with Crippen molar-refractivity contribution in [3.8, 4) is 0 Å². The van der Waals surface area contributed by atoms with Crippen LogP contribution < -0.4 is 11.1 Å². The second kappa shape index (κ2) is 7.69. The average Bonchev–Trinajstić information content (AvgIpc) is 2.21. The lowest BCUT2D eigenvalue weighted by Crippen LogP contribution is -2.29. The summed E-state index contributed by atoms with van der Waals surface area (Å²) in [7, 11) is 0. The molecule has 1 unspecified atom stereocenters. The van der Waals surface area contributed by atoms with E-state index in [1.54, 1.807) is 0 Å². The van der Waals surface area contributed by atoms with Crippen molar-refractivity contribution in [2.75, 3.05) is 6.54 Å². The van der Waals surface area contributed by atoms with Crippen molar-refractivity contribution < 1.29 is 4.79 Å². The average molecular weight is 322 g/mol. The quantitative estimate of drug-likeness (QED) is 0.896. The van der Waals surface area contributed by atoms with Gasteiger partial charge in [-0.15, -0.1) is 12.4 Å². The maximum Gasteiger partial charge on any atom is 0.251 e. The van der Waals surface area contributed by atoms with Crippen molar-refractivity contribution in [1.82, 2.24) is 5.32 Å². The fourth-order valence-electron chi connectivity index (χ4n) is 1.36. The van der Waals surface area contributed by atoms with Crippen LogP contribution in [0, 0.1) is 6.92 Å². The first-order valence-electron chi connectivity index (χ1n) is 5.31. The van der Waals surface area contributed by atoms with E-state index >= 15 is 0 Å². The van der Waals surface area contributed by atoms with Gasteiger partial charge in [-0.1, -0.05) is 22.0 Å². The highest BCUT2D eigenvalue weighted by molar-refractivity contribution is 9.10. The molecule has 0 aliphatic carbocycles. The Labute approximate surface area is 117 Å². The molecule has 1 aromatic carbocycles. The number of hydrogen-bond donors (Lipinski definition) is 2. The summed E-state index contributed by atoms with van der Waals surface area (Å²) in [4.78, 5) is 11.8. The Bertz CT molecular complexity index is 383. The normalized spacial score (nSPS) is 11.5. The summed E-state index contributed by atoms with van der Waals surface area (Å²) in [6, 6.07) is 5.72. The lowest BCUT2D eigenvalue weighted by Gasteiger charge is -2.09. The van der Waals surface area contributed by atoms with E-state index in [4.69, 9.17) is 5.73 Å². The minimum atomic E-state index is -0.0422. The van der Waals surface area contributed by atoms with Crippen LogP contribution >= 0.6 is 28.3 Å². The van der Waals surface area contributed by atoms with E-state index < -0.39 is 0 Å². The fourth-order valence-corrected chi connectivity index (χ4v) is 1.73. The number of rotatable bonds is 4. The number of hydrogen-bond acceptors (Lipinski definition) is 2. The van der Waals surface area contributed by atoms with Gasteiger partial charge >= 0.3 is 0 Å². The second-order valence-electron chi connectivity index (χ2n) is 3.93. The highest BCUT2D eigenvalue weighted by Crippen LogP contribution is 2.19. The molecule has 96 valence electrons. The minimum absolute atomic E-state index is 0. The summed E-state index contributed by atoms with van der Waals surface area (Å²) in [5, 5.41) is 2.86. The molecule has 5 heteroatoms. The zero-order chi connectivity index (χ0) is 12.1. The predicted octanol–water partition coefficient (Wildman–Crippen LogP) is 2.65. The highest BCUT2D eigenvalue weighted by Gasteiger charge is 2.09. The van der Waals surface area contributed by atoms with Crippen molar-refractivity contribution in [3.05, 3.63) is 33.8 Å². The van der Waals surface area contributed by atoms with Crippen LogP contribution in [-0.2, 0) is 0 Å². The summed E-state index contributed by atoms with van der Waals surface area (Å²) < 4.78 is 0.951. The third-order valence-electron chi connectivity index (χ3n) is 2.40. The van der Waals surface area contributed by atoms with E-state index in [-0.39, 0.29) is 24.4 Å². The molecule has 0 heterocycles. The number of amides is 1. The van der Waals surface area contributed by atoms with Gasteiger partial charge in [0.25, 0.3) is 5.91 Å². The monoisotopic (exact) mass is 320 g/mol. The highest BCUT2D eigenvalue weighted by atomic mass is 79.9. The molecule has 0 saturated carbocycles. The summed E-state index contributed by atoms with van der Waals surface area (Å²) in [6.45, 7) is 4.46. The molecule has 0 saturated heterocycles. The molecule has 17 heavy (non-hydrogen) atoms. The van der Waals surface area contributed by atoms with Gasteiger partial charge < -0.3 is 11.1 Å². The van der Waals surface area contributed by atoms with Crippen LogP contribution in [0.15, 0.2) is 22.7 Å². The van der Waals surface area contributed by atoms with E-state index in [1.165, 1.54) is 0 Å². The van der Waals surface area contributed by atoms with Gasteiger partial charge in [0.15, 0.2) is 0 Å². The molecule has 3 nitrogen and oxygen atoms in total. The molecule has 0 aliphatic rings. The Balaban J connectivity index is 0.00000256. The molecule has 0 radical (unpaired) electrons. The van der Waals surface area contributed by atoms with Gasteiger partial charge in [-0.2, -0.15) is 0 Å². The zero-order valence-electron chi connectivity index (χ0n) is 10.00. The molecule has 1 aromatic rings. The molecular weight excluding hydrogens is 304 g/mol. The number of benzene rings is 1. The van der Waals surface area contributed by atoms with Crippen LogP contribution in [0.3, 0.4) is 0 Å². The van der Waals surface area contributed by atoms with Gasteiger partial charge in [-0.3, -0.25) is 4.79 Å². The maximum absolute atomic E-state index is 11.8. The van der Waals surface area contributed by atoms with Crippen LogP contribution in [-0.4, -0.2) is 18.5 Å². The second-order valence-corrected chi connectivity index (χ2v) is 4.79. The predicted molar refractivity (Wildman–Crippen MR) is 76.7 cm³/mol. The van der Waals surface area contributed by atoms with Crippen molar-refractivity contribution >= 4 is 34.2 Å². The number of carbonyl (C=O) groups is 1. The van der Waals surface area contributed by atoms with Gasteiger partial charge in [0.1, 0.15) is 0 Å². The first-order chi connectivity index (χ1) is 7.52. The first kappa shape index (κ1) is 16.4. The number of halogens is 2. The third kappa shape index (κ3) is 5.06. The Hall–Kier alpha value is -0.580. The topological polar surface area (TPSA) is 55.1 Å². The van der Waals surface area contributed by atoms with E-state index in [2.05, 4.69) is 21.2 Å². The summed E-state index contributed by atoms with van der Waals surface area (Å²) in [5.74, 6) is -0.0422. The summed E-state index contributed by atoms with van der Waals surface area (Å²) in [5.41, 5.74) is 7.28. The molecule has 0 aliphatic heterocycles. The van der Waals surface area contributed by atoms with E-state index in [9.17, 15) is 4.79 Å². The standard InChI is InChI=1S/C12H17BrN2O.ClH/c1-8(14)6-7-15-12(16)10-4-3-5-11(13)9(10)2;/h3-5,8H,6-7,14H2,1-2H3,(H,15,16);1H. The third-order valence-corrected chi connectivity index (χ3v) is 3.26. The van der Waals surface area contributed by atoms with Crippen LogP contribution in [0.1, 0.15) is 29.3 Å². The number of nitrogens with one attached hydrogen (secondary N) is 1. The Morgan fingerprint density at radius 3 is 2.76 bits per heavy atom. The van der Waals surface area contributed by atoms with Gasteiger partial charge in [-0.25, -0.2) is 0 Å². The van der Waals surface area contributed by atoms with Crippen LogP contribution in [0.25, 0.3) is 0 Å². The first-order valence-corrected chi connectivity index (χ1v) is 6.10. The summed E-state index contributed by atoms with van der Waals surface area (Å²) in [6.07, 6.45) is 0.790. The SMILES string of the molecule is Cc1c(Br)cccc1C(=O)NCCC(C)N.Cl. The van der Waals surface area contributed by atoms with Crippen LogP contribution in [0.2, 0.25) is 0 Å². The Morgan fingerprint density at radius 2 is 2.18 bits per heavy atom. The zero-order valence-corrected chi connectivity index (χ0v) is 12.4. The van der Waals surface area contributed by atoms with Gasteiger partial charge in [0.05, 0.1) is 0 Å². The largest absolute Gasteiger partial charge is 0.352 e. The van der Waals surface area contributed by atoms with Crippen LogP contribution in [0.4, 0.5) is 0 Å². The van der Waals surface area contributed by atoms with Crippen molar-refractivity contribution in [2.45, 2.75) is 26.3 Å². The van der Waals surface area contributed by atoms with E-state index in [0.717, 1.165) is 16.5 Å². The molecule has 3 N–H and O–H groups in total. The van der Waals surface area contributed by atoms with Crippen molar-refractivity contribution in [2.24, 2.45) is 5.73 Å². The van der Waals surface area contributed by atoms with Crippen molar-refractivity contribution in [3.63, 3.8) is 0 Å². The smallest absolute Gasteiger partial charge is 0.251 e. The van der Waals surface area contributed by atoms with Crippen molar-refractivity contribution in [1.29, 1.82) is 0 Å². The Morgan fingerprint density at radius 1 is 1.53 bits per heavy atom. The van der Waals surface area contributed by atoms with Gasteiger partial charge in [-0.05, 0) is 38.0 Å². The Kier molecular flexibility index (Phi) is 7.43. The van der Waals surface area contributed by atoms with Gasteiger partial charge in [0, 0.05) is 22.6 Å². The molecule has 1 rings (SSSR count). The van der Waals surface area contributed by atoms with E-state index in [0.29, 0.717) is 12.1 Å². The van der Waals surface area contributed by atoms with Gasteiger partial charge in [0.2, 0.25) is 0 Å². The summed E-state index contributed by atoms with van der Waals surface area (Å²) >= 11 is 3.41. The van der Waals surface area contributed by atoms with E-state index in [1.807, 2.05) is 32.0 Å². The number of nitrogens with two attached hydrogens (primary N) is 1.